The molecule has 6 nitrogen and oxygen atoms in total. The Morgan fingerprint density at radius 3 is 2.48 bits per heavy atom. The number of amides is 1. The first-order chi connectivity index (χ1) is 15.6. The van der Waals surface area contributed by atoms with E-state index >= 15 is 0 Å². The number of aromatic nitrogens is 2. The molecule has 1 saturated heterocycles. The highest BCUT2D eigenvalue weighted by Crippen LogP contribution is 2.31. The highest BCUT2D eigenvalue weighted by molar-refractivity contribution is 5.98. The number of nitrogens with zero attached hydrogens (tertiary/aromatic N) is 3. The minimum Gasteiger partial charge on any atom is -0.366 e. The van der Waals surface area contributed by atoms with E-state index in [4.69, 9.17) is 5.73 Å². The van der Waals surface area contributed by atoms with Crippen LogP contribution in [0.2, 0.25) is 0 Å². The van der Waals surface area contributed by atoms with Crippen molar-refractivity contribution in [3.63, 3.8) is 0 Å². The molecule has 2 aromatic heterocycles. The Morgan fingerprint density at radius 1 is 1.00 bits per heavy atom. The monoisotopic (exact) mass is 441 g/mol. The first-order valence-corrected chi connectivity index (χ1v) is 10.9. The van der Waals surface area contributed by atoms with Gasteiger partial charge >= 0.3 is 0 Å². The normalized spacial score (nSPS) is 14.8. The Labute approximate surface area is 195 Å². The number of aromatic amines is 1. The van der Waals surface area contributed by atoms with E-state index in [2.05, 4.69) is 57.1 Å². The third kappa shape index (κ3) is 4.82. The van der Waals surface area contributed by atoms with Gasteiger partial charge in [-0.05, 0) is 41.9 Å². The standard InChI is InChI=1S/C26H27N5O.CH4/c1-30-9-11-31(12-10-30)17-18-5-7-19(8-6-18)22-14-23-24(16-29-26(23)28-15-22)20-3-2-4-21(13-20)25(27)32;/h2-8,13-16H,9-12,17H2,1H3,(H2,27,32)(H,28,29);1H4. The Morgan fingerprint density at radius 2 is 1.76 bits per heavy atom. The van der Waals surface area contributed by atoms with Crippen LogP contribution in [0.1, 0.15) is 23.3 Å². The number of fused-ring (bicyclic) bond motifs is 1. The second-order valence-corrected chi connectivity index (χ2v) is 8.54. The number of piperazine rings is 1. The number of pyridine rings is 1. The predicted octanol–water partition coefficient (Wildman–Crippen LogP) is 4.38. The van der Waals surface area contributed by atoms with Crippen molar-refractivity contribution in [1.82, 2.24) is 19.8 Å². The van der Waals surface area contributed by atoms with Crippen molar-refractivity contribution < 1.29 is 4.79 Å². The van der Waals surface area contributed by atoms with Gasteiger partial charge in [-0.25, -0.2) is 4.98 Å². The number of benzene rings is 2. The van der Waals surface area contributed by atoms with Gasteiger partial charge in [-0.1, -0.05) is 43.8 Å². The number of H-pyrrole nitrogens is 1. The number of hydrogen-bond acceptors (Lipinski definition) is 4. The van der Waals surface area contributed by atoms with E-state index in [1.165, 1.54) is 5.56 Å². The average Bonchev–Trinajstić information content (AvgIpc) is 3.24. The molecule has 0 unspecified atom stereocenters. The Balaban J connectivity index is 0.00000259. The second-order valence-electron chi connectivity index (χ2n) is 8.54. The largest absolute Gasteiger partial charge is 0.366 e. The van der Waals surface area contributed by atoms with E-state index < -0.39 is 5.91 Å². The molecule has 33 heavy (non-hydrogen) atoms. The van der Waals surface area contributed by atoms with E-state index in [9.17, 15) is 4.79 Å². The lowest BCUT2D eigenvalue weighted by molar-refractivity contribution is 0.100. The van der Waals surface area contributed by atoms with Gasteiger partial charge in [-0.3, -0.25) is 9.69 Å². The van der Waals surface area contributed by atoms with Crippen LogP contribution in [-0.4, -0.2) is 58.9 Å². The molecule has 6 heteroatoms. The maximum atomic E-state index is 11.6. The van der Waals surface area contributed by atoms with E-state index in [1.54, 1.807) is 6.07 Å². The van der Waals surface area contributed by atoms with E-state index in [0.29, 0.717) is 5.56 Å². The number of nitrogens with two attached hydrogens (primary N) is 1. The zero-order chi connectivity index (χ0) is 22.1. The molecule has 0 atom stereocenters. The van der Waals surface area contributed by atoms with Crippen LogP contribution in [0.4, 0.5) is 0 Å². The maximum absolute atomic E-state index is 11.6. The van der Waals surface area contributed by atoms with Crippen molar-refractivity contribution in [3.8, 4) is 22.3 Å². The van der Waals surface area contributed by atoms with Gasteiger partial charge in [0, 0.05) is 67.2 Å². The molecule has 3 heterocycles. The summed E-state index contributed by atoms with van der Waals surface area (Å²) >= 11 is 0. The number of carbonyl (C=O) groups is 1. The fraction of sp³-hybridized carbons (Fsp3) is 0.259. The Kier molecular flexibility index (Phi) is 6.58. The first kappa shape index (κ1) is 22.7. The summed E-state index contributed by atoms with van der Waals surface area (Å²) in [5.74, 6) is -0.429. The summed E-state index contributed by atoms with van der Waals surface area (Å²) in [5.41, 5.74) is 12.3. The Hall–Kier alpha value is -3.48. The minimum absolute atomic E-state index is 0. The molecular formula is C27H31N5O. The van der Waals surface area contributed by atoms with Gasteiger partial charge in [0.25, 0.3) is 0 Å². The Bertz CT molecular complexity index is 1250. The molecule has 0 bridgehead atoms. The maximum Gasteiger partial charge on any atom is 0.248 e. The molecule has 1 amide bonds. The van der Waals surface area contributed by atoms with Gasteiger partial charge in [0.2, 0.25) is 5.91 Å². The number of hydrogen-bond donors (Lipinski definition) is 2. The first-order valence-electron chi connectivity index (χ1n) is 10.9. The zero-order valence-corrected chi connectivity index (χ0v) is 18.2. The highest BCUT2D eigenvalue weighted by Gasteiger charge is 2.14. The topological polar surface area (TPSA) is 78.2 Å². The summed E-state index contributed by atoms with van der Waals surface area (Å²) < 4.78 is 0. The third-order valence-corrected chi connectivity index (χ3v) is 6.28. The van der Waals surface area contributed by atoms with Crippen LogP contribution in [0.25, 0.3) is 33.3 Å². The quantitative estimate of drug-likeness (QED) is 0.482. The third-order valence-electron chi connectivity index (χ3n) is 6.28. The van der Waals surface area contributed by atoms with Crippen molar-refractivity contribution in [2.75, 3.05) is 33.2 Å². The highest BCUT2D eigenvalue weighted by atomic mass is 16.1. The average molecular weight is 442 g/mol. The molecule has 1 aliphatic rings. The minimum atomic E-state index is -0.429. The molecule has 2 aromatic carbocycles. The summed E-state index contributed by atoms with van der Waals surface area (Å²) in [5, 5.41) is 1.02. The van der Waals surface area contributed by atoms with Crippen LogP contribution in [0.15, 0.2) is 67.0 Å². The van der Waals surface area contributed by atoms with Crippen LogP contribution in [0, 0.1) is 0 Å². The van der Waals surface area contributed by atoms with E-state index in [-0.39, 0.29) is 7.43 Å². The lowest BCUT2D eigenvalue weighted by Gasteiger charge is -2.32. The molecule has 170 valence electrons. The predicted molar refractivity (Wildman–Crippen MR) is 135 cm³/mol. The van der Waals surface area contributed by atoms with Crippen LogP contribution in [0.3, 0.4) is 0 Å². The summed E-state index contributed by atoms with van der Waals surface area (Å²) in [6.45, 7) is 5.48. The molecule has 1 aliphatic heterocycles. The van der Waals surface area contributed by atoms with Crippen LogP contribution in [0.5, 0.6) is 0 Å². The molecule has 0 radical (unpaired) electrons. The van der Waals surface area contributed by atoms with E-state index in [1.807, 2.05) is 30.6 Å². The van der Waals surface area contributed by atoms with Crippen LogP contribution in [-0.2, 0) is 6.54 Å². The second kappa shape index (κ2) is 9.57. The van der Waals surface area contributed by atoms with Crippen molar-refractivity contribution in [3.05, 3.63) is 78.1 Å². The van der Waals surface area contributed by atoms with Gasteiger partial charge in [-0.2, -0.15) is 0 Å². The lowest BCUT2D eigenvalue weighted by Crippen LogP contribution is -2.43. The number of rotatable bonds is 5. The number of primary amides is 1. The summed E-state index contributed by atoms with van der Waals surface area (Å²) in [4.78, 5) is 24.3. The van der Waals surface area contributed by atoms with Crippen molar-refractivity contribution in [2.45, 2.75) is 14.0 Å². The molecule has 0 saturated carbocycles. The summed E-state index contributed by atoms with van der Waals surface area (Å²) in [6, 6.07) is 18.3. The van der Waals surface area contributed by atoms with Gasteiger partial charge in [0.05, 0.1) is 0 Å². The van der Waals surface area contributed by atoms with Crippen LogP contribution < -0.4 is 5.73 Å². The van der Waals surface area contributed by atoms with Gasteiger partial charge in [-0.15, -0.1) is 0 Å². The van der Waals surface area contributed by atoms with Crippen molar-refractivity contribution in [2.24, 2.45) is 5.73 Å². The smallest absolute Gasteiger partial charge is 0.248 e. The van der Waals surface area contributed by atoms with Crippen LogP contribution >= 0.6 is 0 Å². The molecule has 5 rings (SSSR count). The van der Waals surface area contributed by atoms with Gasteiger partial charge in [0.1, 0.15) is 5.65 Å². The van der Waals surface area contributed by atoms with E-state index in [0.717, 1.165) is 66.0 Å². The molecule has 0 spiro atoms. The fourth-order valence-corrected chi connectivity index (χ4v) is 4.31. The number of carbonyl (C=O) groups excluding carboxylic acids is 1. The summed E-state index contributed by atoms with van der Waals surface area (Å²) in [6.07, 6.45) is 3.83. The fourth-order valence-electron chi connectivity index (χ4n) is 4.31. The number of nitrogens with one attached hydrogen (secondary N) is 1. The molecule has 3 N–H and O–H groups in total. The summed E-state index contributed by atoms with van der Waals surface area (Å²) in [7, 11) is 2.18. The molecular weight excluding hydrogens is 410 g/mol. The zero-order valence-electron chi connectivity index (χ0n) is 18.2. The lowest BCUT2D eigenvalue weighted by atomic mass is 10.00. The van der Waals surface area contributed by atoms with Crippen molar-refractivity contribution >= 4 is 16.9 Å². The molecule has 0 aliphatic carbocycles. The van der Waals surface area contributed by atoms with Gasteiger partial charge < -0.3 is 15.6 Å². The van der Waals surface area contributed by atoms with Crippen molar-refractivity contribution in [1.29, 1.82) is 0 Å². The number of likely N-dealkylation sites (N-methyl/N-ethyl adjacent to an activating group) is 1. The molecule has 1 fully saturated rings. The SMILES string of the molecule is C.CN1CCN(Cc2ccc(-c3cnc4[nH]cc(-c5cccc(C(N)=O)c5)c4c3)cc2)CC1. The molecule has 4 aromatic rings. The van der Waals surface area contributed by atoms with Gasteiger partial charge in [0.15, 0.2) is 0 Å².